The molecule has 1 unspecified atom stereocenters. The molecule has 0 aromatic rings. The highest BCUT2D eigenvalue weighted by Crippen LogP contribution is 2.19. The van der Waals surface area contributed by atoms with Gasteiger partial charge in [-0.05, 0) is 32.6 Å². The molecule has 2 aliphatic heterocycles. The highest BCUT2D eigenvalue weighted by atomic mass is 16.5. The molecule has 0 radical (unpaired) electrons. The van der Waals surface area contributed by atoms with Gasteiger partial charge in [0.05, 0.1) is 18.8 Å². The van der Waals surface area contributed by atoms with Gasteiger partial charge < -0.3 is 20.1 Å². The molecule has 0 aromatic carbocycles. The predicted octanol–water partition coefficient (Wildman–Crippen LogP) is 0.310. The Balaban J connectivity index is 1.70. The van der Waals surface area contributed by atoms with E-state index in [1.54, 1.807) is 0 Å². The van der Waals surface area contributed by atoms with Gasteiger partial charge in [-0.1, -0.05) is 0 Å². The number of amides is 1. The Hall–Kier alpha value is -0.690. The molecule has 0 bridgehead atoms. The van der Waals surface area contributed by atoms with Crippen LogP contribution in [0.25, 0.3) is 0 Å². The number of nitrogens with two attached hydrogens (primary N) is 1. The number of ether oxygens (including phenoxy) is 2. The minimum atomic E-state index is -0.361. The zero-order valence-corrected chi connectivity index (χ0v) is 14.0. The second-order valence-corrected chi connectivity index (χ2v) is 6.56. The summed E-state index contributed by atoms with van der Waals surface area (Å²) in [6.45, 7) is 10.6. The van der Waals surface area contributed by atoms with Crippen LogP contribution in [0.5, 0.6) is 0 Å². The summed E-state index contributed by atoms with van der Waals surface area (Å²) in [6.07, 6.45) is 2.08. The quantitative estimate of drug-likeness (QED) is 0.764. The smallest absolute Gasteiger partial charge is 0.239 e. The lowest BCUT2D eigenvalue weighted by molar-refractivity contribution is -0.136. The van der Waals surface area contributed by atoms with E-state index in [1.165, 1.54) is 0 Å². The minimum absolute atomic E-state index is 0.116. The van der Waals surface area contributed by atoms with E-state index in [0.717, 1.165) is 65.4 Å². The molecular weight excluding hydrogens is 282 g/mol. The topological polar surface area (TPSA) is 68.0 Å². The fraction of sp³-hybridized carbons (Fsp3) is 0.938. The van der Waals surface area contributed by atoms with Gasteiger partial charge in [-0.2, -0.15) is 0 Å². The average Bonchev–Trinajstić information content (AvgIpc) is 2.54. The summed E-state index contributed by atoms with van der Waals surface area (Å²) >= 11 is 0. The monoisotopic (exact) mass is 313 g/mol. The van der Waals surface area contributed by atoms with E-state index in [2.05, 4.69) is 4.90 Å². The molecule has 1 atom stereocenters. The van der Waals surface area contributed by atoms with E-state index in [0.29, 0.717) is 0 Å². The van der Waals surface area contributed by atoms with Gasteiger partial charge in [0.25, 0.3) is 0 Å². The second-order valence-electron chi connectivity index (χ2n) is 6.56. The number of carbonyl (C=O) groups is 1. The van der Waals surface area contributed by atoms with Crippen molar-refractivity contribution in [2.45, 2.75) is 38.8 Å². The van der Waals surface area contributed by atoms with E-state index in [1.807, 2.05) is 18.7 Å². The molecule has 0 saturated carbocycles. The van der Waals surface area contributed by atoms with E-state index in [-0.39, 0.29) is 24.0 Å². The molecule has 2 saturated heterocycles. The molecule has 2 heterocycles. The summed E-state index contributed by atoms with van der Waals surface area (Å²) in [6, 6.07) is -0.361. The Morgan fingerprint density at radius 1 is 1.23 bits per heavy atom. The highest BCUT2D eigenvalue weighted by molar-refractivity contribution is 5.82. The van der Waals surface area contributed by atoms with E-state index in [9.17, 15) is 4.79 Å². The van der Waals surface area contributed by atoms with Crippen molar-refractivity contribution in [3.8, 4) is 0 Å². The normalized spacial score (nSPS) is 23.0. The summed E-state index contributed by atoms with van der Waals surface area (Å²) in [7, 11) is 0. The maximum atomic E-state index is 12.5. The lowest BCUT2D eigenvalue weighted by atomic mass is 9.91. The van der Waals surface area contributed by atoms with Gasteiger partial charge in [-0.25, -0.2) is 0 Å². The fourth-order valence-electron chi connectivity index (χ4n) is 3.10. The number of nitrogens with zero attached hydrogens (tertiary/aromatic N) is 2. The first-order valence-electron chi connectivity index (χ1n) is 8.54. The van der Waals surface area contributed by atoms with Crippen LogP contribution in [0.1, 0.15) is 26.7 Å². The Kier molecular flexibility index (Phi) is 7.08. The molecule has 2 fully saturated rings. The van der Waals surface area contributed by atoms with E-state index >= 15 is 0 Å². The van der Waals surface area contributed by atoms with Crippen LogP contribution in [0.2, 0.25) is 0 Å². The van der Waals surface area contributed by atoms with Crippen LogP contribution in [-0.4, -0.2) is 80.4 Å². The molecule has 128 valence electrons. The van der Waals surface area contributed by atoms with Crippen molar-refractivity contribution in [2.75, 3.05) is 52.5 Å². The molecule has 1 amide bonds. The third-order valence-electron chi connectivity index (χ3n) is 4.60. The van der Waals surface area contributed by atoms with Crippen LogP contribution in [-0.2, 0) is 14.3 Å². The van der Waals surface area contributed by atoms with E-state index in [4.69, 9.17) is 15.2 Å². The van der Waals surface area contributed by atoms with Crippen molar-refractivity contribution in [3.63, 3.8) is 0 Å². The molecule has 2 N–H and O–H groups in total. The molecular formula is C16H31N3O3. The van der Waals surface area contributed by atoms with Crippen molar-refractivity contribution in [1.29, 1.82) is 0 Å². The van der Waals surface area contributed by atoms with Crippen LogP contribution < -0.4 is 5.73 Å². The zero-order chi connectivity index (χ0) is 15.9. The van der Waals surface area contributed by atoms with Gasteiger partial charge >= 0.3 is 0 Å². The summed E-state index contributed by atoms with van der Waals surface area (Å²) in [5.74, 6) is 0.392. The van der Waals surface area contributed by atoms with Gasteiger partial charge in [-0.3, -0.25) is 9.69 Å². The number of hydrogen-bond donors (Lipinski definition) is 1. The van der Waals surface area contributed by atoms with Gasteiger partial charge in [0.1, 0.15) is 0 Å². The number of carbonyl (C=O) groups excluding carboxylic acids is 1. The first-order chi connectivity index (χ1) is 10.6. The lowest BCUT2D eigenvalue weighted by Gasteiger charge is -2.37. The summed E-state index contributed by atoms with van der Waals surface area (Å²) < 4.78 is 10.9. The Bertz CT molecular complexity index is 338. The van der Waals surface area contributed by atoms with Gasteiger partial charge in [0, 0.05) is 45.9 Å². The molecule has 2 rings (SSSR count). The summed E-state index contributed by atoms with van der Waals surface area (Å²) in [5, 5.41) is 0. The minimum Gasteiger partial charge on any atom is -0.381 e. The molecule has 0 aliphatic carbocycles. The maximum Gasteiger partial charge on any atom is 0.239 e. The van der Waals surface area contributed by atoms with Gasteiger partial charge in [0.15, 0.2) is 0 Å². The van der Waals surface area contributed by atoms with Gasteiger partial charge in [0.2, 0.25) is 5.91 Å². The van der Waals surface area contributed by atoms with Crippen LogP contribution in [0.15, 0.2) is 0 Å². The third kappa shape index (κ3) is 5.19. The molecule has 0 spiro atoms. The van der Waals surface area contributed by atoms with Crippen molar-refractivity contribution >= 4 is 5.91 Å². The molecule has 6 nitrogen and oxygen atoms in total. The first-order valence-corrected chi connectivity index (χ1v) is 8.54. The number of rotatable bonds is 6. The van der Waals surface area contributed by atoms with Crippen molar-refractivity contribution in [2.24, 2.45) is 11.7 Å². The van der Waals surface area contributed by atoms with Crippen molar-refractivity contribution in [3.05, 3.63) is 0 Å². The van der Waals surface area contributed by atoms with Crippen LogP contribution in [0.4, 0.5) is 0 Å². The summed E-state index contributed by atoms with van der Waals surface area (Å²) in [5.41, 5.74) is 6.19. The first kappa shape index (κ1) is 17.7. The largest absolute Gasteiger partial charge is 0.381 e. The standard InChI is InChI=1S/C16H31N3O3/c1-13(2)22-12-9-18-5-7-19(8-6-18)16(20)15(17)14-3-10-21-11-4-14/h13-15H,3-12,17H2,1-2H3. The Morgan fingerprint density at radius 3 is 2.45 bits per heavy atom. The fourth-order valence-corrected chi connectivity index (χ4v) is 3.10. The maximum absolute atomic E-state index is 12.5. The van der Waals surface area contributed by atoms with Crippen molar-refractivity contribution in [1.82, 2.24) is 9.80 Å². The van der Waals surface area contributed by atoms with Crippen LogP contribution in [0, 0.1) is 5.92 Å². The van der Waals surface area contributed by atoms with E-state index < -0.39 is 0 Å². The number of hydrogen-bond acceptors (Lipinski definition) is 5. The van der Waals surface area contributed by atoms with Crippen LogP contribution >= 0.6 is 0 Å². The second kappa shape index (κ2) is 8.82. The molecule has 6 heteroatoms. The van der Waals surface area contributed by atoms with Crippen molar-refractivity contribution < 1.29 is 14.3 Å². The summed E-state index contributed by atoms with van der Waals surface area (Å²) in [4.78, 5) is 16.8. The lowest BCUT2D eigenvalue weighted by Crippen LogP contribution is -2.55. The average molecular weight is 313 g/mol. The zero-order valence-electron chi connectivity index (χ0n) is 14.0. The Morgan fingerprint density at radius 2 is 1.86 bits per heavy atom. The number of piperazine rings is 1. The van der Waals surface area contributed by atoms with Gasteiger partial charge in [-0.15, -0.1) is 0 Å². The SMILES string of the molecule is CC(C)OCCN1CCN(C(=O)C(N)C2CCOCC2)CC1. The predicted molar refractivity (Wildman–Crippen MR) is 85.6 cm³/mol. The van der Waals surface area contributed by atoms with Crippen LogP contribution in [0.3, 0.4) is 0 Å². The molecule has 22 heavy (non-hydrogen) atoms. The highest BCUT2D eigenvalue weighted by Gasteiger charge is 2.31. The Labute approximate surface area is 133 Å². The molecule has 0 aromatic heterocycles. The third-order valence-corrected chi connectivity index (χ3v) is 4.60. The molecule has 2 aliphatic rings.